The minimum absolute atomic E-state index is 0.177. The number of fused-ring (bicyclic) bond motifs is 1. The van der Waals surface area contributed by atoms with E-state index in [1.807, 2.05) is 6.07 Å². The van der Waals surface area contributed by atoms with Crippen LogP contribution in [0.2, 0.25) is 0 Å². The number of hydrogen-bond acceptors (Lipinski definition) is 1. The summed E-state index contributed by atoms with van der Waals surface area (Å²) in [6.45, 7) is 0. The zero-order valence-corrected chi connectivity index (χ0v) is 12.7. The van der Waals surface area contributed by atoms with Crippen LogP contribution in [0, 0.1) is 9.39 Å². The van der Waals surface area contributed by atoms with Gasteiger partial charge in [-0.05, 0) is 71.2 Å². The summed E-state index contributed by atoms with van der Waals surface area (Å²) in [5.41, 5.74) is 3.93. The number of benzene rings is 2. The van der Waals surface area contributed by atoms with Gasteiger partial charge in [0.2, 0.25) is 0 Å². The van der Waals surface area contributed by atoms with Gasteiger partial charge in [-0.1, -0.05) is 24.3 Å². The third-order valence-electron chi connectivity index (χ3n) is 3.64. The van der Waals surface area contributed by atoms with E-state index in [-0.39, 0.29) is 5.82 Å². The zero-order chi connectivity index (χ0) is 13.2. The molecule has 0 amide bonds. The smallest absolute Gasteiger partial charge is 0.124 e. The Balaban J connectivity index is 1.75. The summed E-state index contributed by atoms with van der Waals surface area (Å²) in [6, 6.07) is 14.0. The average Bonchev–Trinajstić information content (AvgIpc) is 2.42. The van der Waals surface area contributed by atoms with E-state index in [1.54, 1.807) is 6.07 Å². The Morgan fingerprint density at radius 1 is 1.11 bits per heavy atom. The van der Waals surface area contributed by atoms with Crippen LogP contribution in [-0.2, 0) is 12.8 Å². The van der Waals surface area contributed by atoms with Crippen molar-refractivity contribution < 1.29 is 4.39 Å². The maximum atomic E-state index is 13.1. The number of rotatable bonds is 2. The Morgan fingerprint density at radius 2 is 1.89 bits per heavy atom. The average molecular weight is 367 g/mol. The lowest BCUT2D eigenvalue weighted by Crippen LogP contribution is -2.27. The predicted octanol–water partition coefficient (Wildman–Crippen LogP) is 4.40. The summed E-state index contributed by atoms with van der Waals surface area (Å²) >= 11 is 2.18. The fourth-order valence-electron chi connectivity index (χ4n) is 2.65. The normalized spacial score (nSPS) is 17.9. The second kappa shape index (κ2) is 5.49. The molecule has 1 nitrogen and oxygen atoms in total. The standard InChI is InChI=1S/C16H15FIN/c17-13-6-8-16(15(18)10-13)19-14-7-5-11-3-1-2-4-12(11)9-14/h1-4,6,8,10,14,19H,5,7,9H2. The summed E-state index contributed by atoms with van der Waals surface area (Å²) in [7, 11) is 0. The van der Waals surface area contributed by atoms with E-state index in [1.165, 1.54) is 17.2 Å². The van der Waals surface area contributed by atoms with Crippen LogP contribution < -0.4 is 5.32 Å². The van der Waals surface area contributed by atoms with Crippen LogP contribution in [-0.4, -0.2) is 6.04 Å². The summed E-state index contributed by atoms with van der Waals surface area (Å²) in [6.07, 6.45) is 3.29. The van der Waals surface area contributed by atoms with Crippen molar-refractivity contribution in [1.29, 1.82) is 0 Å². The molecule has 0 saturated heterocycles. The number of anilines is 1. The maximum Gasteiger partial charge on any atom is 0.124 e. The molecule has 3 heteroatoms. The van der Waals surface area contributed by atoms with Gasteiger partial charge in [0, 0.05) is 15.3 Å². The monoisotopic (exact) mass is 367 g/mol. The number of halogens is 2. The van der Waals surface area contributed by atoms with Crippen LogP contribution in [0.3, 0.4) is 0 Å². The number of nitrogens with one attached hydrogen (secondary N) is 1. The number of aryl methyl sites for hydroxylation is 1. The molecule has 1 aliphatic rings. The maximum absolute atomic E-state index is 13.1. The first-order valence-electron chi connectivity index (χ1n) is 6.51. The van der Waals surface area contributed by atoms with E-state index in [9.17, 15) is 4.39 Å². The van der Waals surface area contributed by atoms with E-state index < -0.39 is 0 Å². The number of hydrogen-bond donors (Lipinski definition) is 1. The molecule has 0 spiro atoms. The van der Waals surface area contributed by atoms with Crippen LogP contribution in [0.25, 0.3) is 0 Å². The quantitative estimate of drug-likeness (QED) is 0.776. The molecule has 98 valence electrons. The zero-order valence-electron chi connectivity index (χ0n) is 10.5. The van der Waals surface area contributed by atoms with Crippen LogP contribution >= 0.6 is 22.6 Å². The van der Waals surface area contributed by atoms with Gasteiger partial charge < -0.3 is 5.32 Å². The third kappa shape index (κ3) is 2.91. The molecule has 0 fully saturated rings. The molecule has 1 aliphatic carbocycles. The molecule has 1 atom stereocenters. The van der Waals surface area contributed by atoms with Crippen LogP contribution in [0.5, 0.6) is 0 Å². The van der Waals surface area contributed by atoms with Crippen molar-refractivity contribution in [3.05, 3.63) is 63.0 Å². The minimum atomic E-state index is -0.177. The van der Waals surface area contributed by atoms with Crippen molar-refractivity contribution in [2.75, 3.05) is 5.32 Å². The van der Waals surface area contributed by atoms with E-state index in [0.717, 1.165) is 28.5 Å². The fraction of sp³-hybridized carbons (Fsp3) is 0.250. The largest absolute Gasteiger partial charge is 0.381 e. The summed E-state index contributed by atoms with van der Waals surface area (Å²) in [5.74, 6) is -0.177. The Morgan fingerprint density at radius 3 is 2.68 bits per heavy atom. The van der Waals surface area contributed by atoms with Crippen LogP contribution in [0.1, 0.15) is 17.5 Å². The van der Waals surface area contributed by atoms with E-state index >= 15 is 0 Å². The molecule has 2 aromatic rings. The van der Waals surface area contributed by atoms with Crippen molar-refractivity contribution in [3.8, 4) is 0 Å². The highest BCUT2D eigenvalue weighted by atomic mass is 127. The van der Waals surface area contributed by atoms with E-state index in [2.05, 4.69) is 52.2 Å². The van der Waals surface area contributed by atoms with Crippen molar-refractivity contribution in [2.24, 2.45) is 0 Å². The van der Waals surface area contributed by atoms with Gasteiger partial charge in [-0.2, -0.15) is 0 Å². The van der Waals surface area contributed by atoms with E-state index in [0.29, 0.717) is 6.04 Å². The summed E-state index contributed by atoms with van der Waals surface area (Å²) < 4.78 is 14.0. The highest BCUT2D eigenvalue weighted by Crippen LogP contribution is 2.26. The first-order valence-corrected chi connectivity index (χ1v) is 7.58. The van der Waals surface area contributed by atoms with E-state index in [4.69, 9.17) is 0 Å². The Kier molecular flexibility index (Phi) is 3.73. The molecular weight excluding hydrogens is 352 g/mol. The molecule has 0 heterocycles. The molecule has 1 unspecified atom stereocenters. The van der Waals surface area contributed by atoms with Gasteiger partial charge in [0.1, 0.15) is 5.82 Å². The summed E-state index contributed by atoms with van der Waals surface area (Å²) in [5, 5.41) is 3.54. The van der Waals surface area contributed by atoms with Gasteiger partial charge >= 0.3 is 0 Å². The molecule has 2 aromatic carbocycles. The molecule has 19 heavy (non-hydrogen) atoms. The SMILES string of the molecule is Fc1ccc(NC2CCc3ccccc3C2)c(I)c1. The van der Waals surface area contributed by atoms with Crippen LogP contribution in [0.15, 0.2) is 42.5 Å². The second-order valence-electron chi connectivity index (χ2n) is 4.98. The highest BCUT2D eigenvalue weighted by molar-refractivity contribution is 14.1. The lowest BCUT2D eigenvalue weighted by molar-refractivity contribution is 0.608. The Hall–Kier alpha value is -1.10. The Labute approximate surface area is 126 Å². The lowest BCUT2D eigenvalue weighted by atomic mass is 9.88. The molecule has 0 aromatic heterocycles. The summed E-state index contributed by atoms with van der Waals surface area (Å²) in [4.78, 5) is 0. The topological polar surface area (TPSA) is 12.0 Å². The molecular formula is C16H15FIN. The molecule has 0 bridgehead atoms. The van der Waals surface area contributed by atoms with Gasteiger partial charge in [0.05, 0.1) is 0 Å². The van der Waals surface area contributed by atoms with Crippen molar-refractivity contribution >= 4 is 28.3 Å². The van der Waals surface area contributed by atoms with Crippen molar-refractivity contribution in [1.82, 2.24) is 0 Å². The highest BCUT2D eigenvalue weighted by Gasteiger charge is 2.18. The molecule has 0 aliphatic heterocycles. The fourth-order valence-corrected chi connectivity index (χ4v) is 3.28. The van der Waals surface area contributed by atoms with Gasteiger partial charge in [-0.15, -0.1) is 0 Å². The molecule has 0 radical (unpaired) electrons. The molecule has 3 rings (SSSR count). The van der Waals surface area contributed by atoms with Crippen LogP contribution in [0.4, 0.5) is 10.1 Å². The minimum Gasteiger partial charge on any atom is -0.381 e. The van der Waals surface area contributed by atoms with Crippen molar-refractivity contribution in [3.63, 3.8) is 0 Å². The predicted molar refractivity (Wildman–Crippen MR) is 85.0 cm³/mol. The van der Waals surface area contributed by atoms with Gasteiger partial charge in [-0.3, -0.25) is 0 Å². The second-order valence-corrected chi connectivity index (χ2v) is 6.14. The first kappa shape index (κ1) is 12.9. The van der Waals surface area contributed by atoms with Crippen molar-refractivity contribution in [2.45, 2.75) is 25.3 Å². The first-order chi connectivity index (χ1) is 9.22. The van der Waals surface area contributed by atoms with Gasteiger partial charge in [-0.25, -0.2) is 4.39 Å². The lowest BCUT2D eigenvalue weighted by Gasteiger charge is -2.26. The van der Waals surface area contributed by atoms with Gasteiger partial charge in [0.25, 0.3) is 0 Å². The van der Waals surface area contributed by atoms with Gasteiger partial charge in [0.15, 0.2) is 0 Å². The molecule has 0 saturated carbocycles. The third-order valence-corrected chi connectivity index (χ3v) is 4.53. The Bertz CT molecular complexity index is 597. The molecule has 1 N–H and O–H groups in total.